The third-order valence-electron chi connectivity index (χ3n) is 4.01. The number of thiophene rings is 1. The van der Waals surface area contributed by atoms with Crippen LogP contribution < -0.4 is 5.32 Å². The van der Waals surface area contributed by atoms with Gasteiger partial charge < -0.3 is 15.0 Å². The minimum atomic E-state index is -0.677. The molecule has 112 valence electrons. The van der Waals surface area contributed by atoms with Gasteiger partial charge in [0.05, 0.1) is 12.0 Å². The molecule has 6 heteroatoms. The lowest BCUT2D eigenvalue weighted by atomic mass is 10.0. The molecule has 0 saturated heterocycles. The van der Waals surface area contributed by atoms with Gasteiger partial charge in [0, 0.05) is 41.7 Å². The van der Waals surface area contributed by atoms with Gasteiger partial charge in [0.15, 0.2) is 0 Å². The van der Waals surface area contributed by atoms with Gasteiger partial charge in [-0.15, -0.1) is 11.3 Å². The second-order valence-corrected chi connectivity index (χ2v) is 6.59. The van der Waals surface area contributed by atoms with E-state index < -0.39 is 5.97 Å². The molecule has 0 aliphatic heterocycles. The molecule has 5 nitrogen and oxygen atoms in total. The summed E-state index contributed by atoms with van der Waals surface area (Å²) < 4.78 is 2.00. The van der Waals surface area contributed by atoms with Crippen LogP contribution in [0.4, 0.5) is 0 Å². The number of carboxylic acids is 1. The lowest BCUT2D eigenvalue weighted by molar-refractivity contribution is -0.138. The molecule has 1 aliphatic carbocycles. The highest BCUT2D eigenvalue weighted by atomic mass is 32.1. The van der Waals surface area contributed by atoms with Crippen LogP contribution in [0.1, 0.15) is 30.6 Å². The fraction of sp³-hybridized carbons (Fsp3) is 0.467. The van der Waals surface area contributed by atoms with Crippen LogP contribution in [0.15, 0.2) is 30.2 Å². The molecule has 0 spiro atoms. The molecule has 2 heterocycles. The first-order valence-electron chi connectivity index (χ1n) is 7.21. The maximum atomic E-state index is 10.7. The highest BCUT2D eigenvalue weighted by molar-refractivity contribution is 7.10. The Labute approximate surface area is 127 Å². The summed E-state index contributed by atoms with van der Waals surface area (Å²) in [6.45, 7) is 0.851. The van der Waals surface area contributed by atoms with Crippen molar-refractivity contribution in [3.63, 3.8) is 0 Å². The number of nitrogens with zero attached hydrogens (tertiary/aromatic N) is 2. The first kappa shape index (κ1) is 14.3. The van der Waals surface area contributed by atoms with E-state index in [1.807, 2.05) is 10.8 Å². The molecule has 2 N–H and O–H groups in total. The van der Waals surface area contributed by atoms with Crippen LogP contribution in [0.2, 0.25) is 0 Å². The number of rotatable bonds is 6. The van der Waals surface area contributed by atoms with E-state index >= 15 is 0 Å². The lowest BCUT2D eigenvalue weighted by Crippen LogP contribution is -2.25. The summed E-state index contributed by atoms with van der Waals surface area (Å²) in [6.07, 6.45) is 8.90. The molecule has 0 radical (unpaired) electrons. The van der Waals surface area contributed by atoms with E-state index in [0.29, 0.717) is 18.4 Å². The second kappa shape index (κ2) is 6.41. The quantitative estimate of drug-likeness (QED) is 0.861. The molecular weight excluding hydrogens is 286 g/mol. The highest BCUT2D eigenvalue weighted by Gasteiger charge is 2.25. The predicted molar refractivity (Wildman–Crippen MR) is 81.7 cm³/mol. The fourth-order valence-corrected chi connectivity index (χ4v) is 3.76. The number of hydrogen-bond acceptors (Lipinski definition) is 4. The van der Waals surface area contributed by atoms with Crippen LogP contribution >= 0.6 is 11.3 Å². The lowest BCUT2D eigenvalue weighted by Gasteiger charge is -2.11. The molecule has 0 amide bonds. The molecule has 1 fully saturated rings. The summed E-state index contributed by atoms with van der Waals surface area (Å²) in [4.78, 5) is 16.1. The van der Waals surface area contributed by atoms with Crippen molar-refractivity contribution in [2.45, 2.75) is 38.3 Å². The van der Waals surface area contributed by atoms with Gasteiger partial charge in [-0.05, 0) is 31.2 Å². The van der Waals surface area contributed by atoms with E-state index in [1.165, 1.54) is 4.88 Å². The van der Waals surface area contributed by atoms with Gasteiger partial charge >= 0.3 is 5.97 Å². The van der Waals surface area contributed by atoms with Gasteiger partial charge in [-0.2, -0.15) is 0 Å². The van der Waals surface area contributed by atoms with Gasteiger partial charge in [0.2, 0.25) is 0 Å². The average molecular weight is 305 g/mol. The maximum Gasteiger partial charge on any atom is 0.303 e. The molecule has 21 heavy (non-hydrogen) atoms. The zero-order valence-corrected chi connectivity index (χ0v) is 12.6. The van der Waals surface area contributed by atoms with Crippen molar-refractivity contribution in [1.82, 2.24) is 14.9 Å². The fourth-order valence-electron chi connectivity index (χ4n) is 2.95. The van der Waals surface area contributed by atoms with Gasteiger partial charge in [0.1, 0.15) is 0 Å². The van der Waals surface area contributed by atoms with Crippen molar-refractivity contribution in [1.29, 1.82) is 0 Å². The molecule has 2 aromatic heterocycles. The molecule has 0 bridgehead atoms. The number of carbonyl (C=O) groups is 1. The third-order valence-corrected chi connectivity index (χ3v) is 4.94. The van der Waals surface area contributed by atoms with E-state index in [9.17, 15) is 4.79 Å². The van der Waals surface area contributed by atoms with Crippen LogP contribution in [0, 0.1) is 5.92 Å². The molecule has 2 aromatic rings. The van der Waals surface area contributed by atoms with Crippen molar-refractivity contribution in [2.75, 3.05) is 0 Å². The summed E-state index contributed by atoms with van der Waals surface area (Å²) in [5, 5.41) is 14.5. The smallest absolute Gasteiger partial charge is 0.303 e. The van der Waals surface area contributed by atoms with E-state index in [4.69, 9.17) is 5.11 Å². The predicted octanol–water partition coefficient (Wildman–Crippen LogP) is 2.67. The number of hydrogen-bond donors (Lipinski definition) is 2. The van der Waals surface area contributed by atoms with Crippen molar-refractivity contribution in [3.8, 4) is 5.69 Å². The average Bonchev–Trinajstić information content (AvgIpc) is 3.17. The minimum Gasteiger partial charge on any atom is -0.481 e. The number of aromatic nitrogens is 2. The summed E-state index contributed by atoms with van der Waals surface area (Å²) >= 11 is 1.74. The maximum absolute atomic E-state index is 10.7. The van der Waals surface area contributed by atoms with Crippen molar-refractivity contribution in [3.05, 3.63) is 35.0 Å². The van der Waals surface area contributed by atoms with Gasteiger partial charge in [-0.25, -0.2) is 4.98 Å². The van der Waals surface area contributed by atoms with Gasteiger partial charge in [0.25, 0.3) is 0 Å². The third kappa shape index (κ3) is 3.71. The first-order chi connectivity index (χ1) is 10.2. The normalized spacial score (nSPS) is 21.7. The highest BCUT2D eigenvalue weighted by Crippen LogP contribution is 2.28. The van der Waals surface area contributed by atoms with E-state index in [0.717, 1.165) is 31.5 Å². The van der Waals surface area contributed by atoms with Crippen LogP contribution in [0.25, 0.3) is 5.69 Å². The molecule has 1 saturated carbocycles. The molecular formula is C15H19N3O2S. The van der Waals surface area contributed by atoms with Crippen LogP contribution in [-0.2, 0) is 11.3 Å². The molecule has 0 unspecified atom stereocenters. The van der Waals surface area contributed by atoms with Crippen LogP contribution in [0.3, 0.4) is 0 Å². The largest absolute Gasteiger partial charge is 0.481 e. The zero-order chi connectivity index (χ0) is 14.7. The molecule has 2 atom stereocenters. The van der Waals surface area contributed by atoms with Crippen LogP contribution in [-0.4, -0.2) is 26.7 Å². The summed E-state index contributed by atoms with van der Waals surface area (Å²) in [5.41, 5.74) is 1.14. The topological polar surface area (TPSA) is 67.2 Å². The van der Waals surface area contributed by atoms with Crippen molar-refractivity contribution in [2.24, 2.45) is 5.92 Å². The SMILES string of the molecule is O=C(O)C[C@@H]1CC[C@H](NCc2cc(-n3ccnc3)cs2)C1. The number of aliphatic carboxylic acids is 1. The molecule has 0 aromatic carbocycles. The number of imidazole rings is 1. The Bertz CT molecular complexity index is 594. The first-order valence-corrected chi connectivity index (χ1v) is 8.09. The van der Waals surface area contributed by atoms with Crippen molar-refractivity contribution >= 4 is 17.3 Å². The van der Waals surface area contributed by atoms with Gasteiger partial charge in [-0.1, -0.05) is 0 Å². The van der Waals surface area contributed by atoms with Crippen molar-refractivity contribution < 1.29 is 9.90 Å². The monoisotopic (exact) mass is 305 g/mol. The summed E-state index contributed by atoms with van der Waals surface area (Å²) in [7, 11) is 0. The Hall–Kier alpha value is -1.66. The van der Waals surface area contributed by atoms with Gasteiger partial charge in [-0.3, -0.25) is 4.79 Å². The number of carboxylic acid groups (broad SMARTS) is 1. The molecule has 3 rings (SSSR count). The van der Waals surface area contributed by atoms with E-state index in [2.05, 4.69) is 21.7 Å². The minimum absolute atomic E-state index is 0.307. The van der Waals surface area contributed by atoms with E-state index in [1.54, 1.807) is 23.9 Å². The number of nitrogens with one attached hydrogen (secondary N) is 1. The Morgan fingerprint density at radius 3 is 3.19 bits per heavy atom. The summed E-state index contributed by atoms with van der Waals surface area (Å²) in [5.74, 6) is -0.339. The Balaban J connectivity index is 1.49. The Kier molecular flexibility index (Phi) is 4.36. The van der Waals surface area contributed by atoms with Crippen LogP contribution in [0.5, 0.6) is 0 Å². The van der Waals surface area contributed by atoms with E-state index in [-0.39, 0.29) is 0 Å². The summed E-state index contributed by atoms with van der Waals surface area (Å²) in [6, 6.07) is 2.62. The Morgan fingerprint density at radius 1 is 1.52 bits per heavy atom. The Morgan fingerprint density at radius 2 is 2.43 bits per heavy atom. The zero-order valence-electron chi connectivity index (χ0n) is 11.7. The second-order valence-electron chi connectivity index (χ2n) is 5.60. The molecule has 1 aliphatic rings. The standard InChI is InChI=1S/C15H19N3O2S/c19-15(20)6-11-1-2-12(5-11)17-8-14-7-13(9-21-14)18-4-3-16-10-18/h3-4,7,9-12,17H,1-2,5-6,8H2,(H,19,20)/t11-,12+/m1/s1.